The van der Waals surface area contributed by atoms with Gasteiger partial charge in [-0.1, -0.05) is 17.3 Å². The Balaban J connectivity index is 1.99. The number of aromatic nitrogens is 2. The molecule has 0 aliphatic rings. The molecule has 19 heavy (non-hydrogen) atoms. The van der Waals surface area contributed by atoms with E-state index in [1.807, 2.05) is 24.3 Å². The molecule has 1 aromatic heterocycles. The van der Waals surface area contributed by atoms with Crippen molar-refractivity contribution in [2.45, 2.75) is 6.54 Å². The molecule has 6 heteroatoms. The fourth-order valence-corrected chi connectivity index (χ4v) is 1.58. The molecule has 2 aromatic rings. The van der Waals surface area contributed by atoms with Crippen molar-refractivity contribution in [1.82, 2.24) is 15.5 Å². The van der Waals surface area contributed by atoms with Crippen LogP contribution in [0.3, 0.4) is 0 Å². The van der Waals surface area contributed by atoms with Gasteiger partial charge < -0.3 is 19.3 Å². The van der Waals surface area contributed by atoms with E-state index in [4.69, 9.17) is 14.0 Å². The molecule has 0 spiro atoms. The van der Waals surface area contributed by atoms with E-state index in [1.54, 1.807) is 14.2 Å². The van der Waals surface area contributed by atoms with Crippen LogP contribution in [0.2, 0.25) is 0 Å². The normalized spacial score (nSPS) is 10.6. The first-order valence-corrected chi connectivity index (χ1v) is 6.00. The summed E-state index contributed by atoms with van der Waals surface area (Å²) in [6.45, 7) is 1.92. The van der Waals surface area contributed by atoms with Crippen molar-refractivity contribution in [1.29, 1.82) is 0 Å². The van der Waals surface area contributed by atoms with Crippen molar-refractivity contribution in [3.05, 3.63) is 30.2 Å². The summed E-state index contributed by atoms with van der Waals surface area (Å²) in [6, 6.07) is 7.54. The molecule has 0 radical (unpaired) electrons. The topological polar surface area (TPSA) is 69.4 Å². The van der Waals surface area contributed by atoms with Crippen LogP contribution >= 0.6 is 0 Å². The number of hydrogen-bond donors (Lipinski definition) is 1. The highest BCUT2D eigenvalue weighted by Gasteiger charge is 2.08. The quantitative estimate of drug-likeness (QED) is 0.763. The molecule has 0 saturated heterocycles. The smallest absolute Gasteiger partial charge is 0.240 e. The van der Waals surface area contributed by atoms with Gasteiger partial charge in [0.25, 0.3) is 0 Å². The Morgan fingerprint density at radius 2 is 2.21 bits per heavy atom. The zero-order valence-corrected chi connectivity index (χ0v) is 11.0. The van der Waals surface area contributed by atoms with E-state index in [1.165, 1.54) is 0 Å². The van der Waals surface area contributed by atoms with Crippen LogP contribution in [0.1, 0.15) is 5.89 Å². The van der Waals surface area contributed by atoms with Crippen LogP contribution in [0.5, 0.6) is 5.75 Å². The third-order valence-electron chi connectivity index (χ3n) is 2.56. The minimum atomic E-state index is 0.528. The first kappa shape index (κ1) is 13.5. The summed E-state index contributed by atoms with van der Waals surface area (Å²) in [5, 5.41) is 7.09. The van der Waals surface area contributed by atoms with Crippen molar-refractivity contribution in [3.63, 3.8) is 0 Å². The maximum Gasteiger partial charge on any atom is 0.240 e. The van der Waals surface area contributed by atoms with Crippen molar-refractivity contribution >= 4 is 0 Å². The number of nitrogens with zero attached hydrogens (tertiary/aromatic N) is 2. The van der Waals surface area contributed by atoms with Crippen molar-refractivity contribution in [2.75, 3.05) is 27.4 Å². The number of rotatable bonds is 7. The fourth-order valence-electron chi connectivity index (χ4n) is 1.58. The third-order valence-corrected chi connectivity index (χ3v) is 2.56. The first-order chi connectivity index (χ1) is 9.33. The van der Waals surface area contributed by atoms with E-state index in [9.17, 15) is 0 Å². The Hall–Kier alpha value is -1.92. The largest absolute Gasteiger partial charge is 0.497 e. The summed E-state index contributed by atoms with van der Waals surface area (Å²) in [4.78, 5) is 4.32. The maximum absolute atomic E-state index is 5.17. The summed E-state index contributed by atoms with van der Waals surface area (Å²) >= 11 is 0. The summed E-state index contributed by atoms with van der Waals surface area (Å²) in [5.74, 6) is 1.87. The fraction of sp³-hybridized carbons (Fsp3) is 0.385. The lowest BCUT2D eigenvalue weighted by Crippen LogP contribution is -2.18. The van der Waals surface area contributed by atoms with Crippen LogP contribution in [-0.4, -0.2) is 37.5 Å². The van der Waals surface area contributed by atoms with Gasteiger partial charge in [-0.05, 0) is 12.1 Å². The van der Waals surface area contributed by atoms with E-state index >= 15 is 0 Å². The van der Waals surface area contributed by atoms with Gasteiger partial charge in [0.1, 0.15) is 5.75 Å². The Kier molecular flexibility index (Phi) is 4.88. The molecule has 6 nitrogen and oxygen atoms in total. The zero-order chi connectivity index (χ0) is 13.5. The molecule has 1 heterocycles. The van der Waals surface area contributed by atoms with E-state index in [2.05, 4.69) is 15.5 Å². The molecule has 0 unspecified atom stereocenters. The number of nitrogens with one attached hydrogen (secondary N) is 1. The zero-order valence-electron chi connectivity index (χ0n) is 11.0. The molecule has 0 aliphatic carbocycles. The predicted molar refractivity (Wildman–Crippen MR) is 69.9 cm³/mol. The van der Waals surface area contributed by atoms with Gasteiger partial charge in [-0.2, -0.15) is 4.98 Å². The van der Waals surface area contributed by atoms with Crippen molar-refractivity contribution in [3.8, 4) is 17.1 Å². The molecule has 1 N–H and O–H groups in total. The molecule has 0 aliphatic heterocycles. The van der Waals surface area contributed by atoms with Gasteiger partial charge in [0.05, 0.1) is 20.3 Å². The lowest BCUT2D eigenvalue weighted by molar-refractivity contribution is 0.197. The second-order valence-corrected chi connectivity index (χ2v) is 3.91. The van der Waals surface area contributed by atoms with E-state index in [-0.39, 0.29) is 0 Å². The van der Waals surface area contributed by atoms with Gasteiger partial charge in [-0.3, -0.25) is 0 Å². The SMILES string of the molecule is COCCNCc1nc(-c2cccc(OC)c2)no1. The van der Waals surface area contributed by atoms with Crippen LogP contribution in [-0.2, 0) is 11.3 Å². The monoisotopic (exact) mass is 263 g/mol. The highest BCUT2D eigenvalue weighted by molar-refractivity contribution is 5.56. The van der Waals surface area contributed by atoms with Crippen LogP contribution in [0.25, 0.3) is 11.4 Å². The van der Waals surface area contributed by atoms with Gasteiger partial charge in [-0.15, -0.1) is 0 Å². The summed E-state index contributed by atoms with van der Waals surface area (Å²) in [7, 11) is 3.29. The molecular weight excluding hydrogens is 246 g/mol. The minimum absolute atomic E-state index is 0.528. The summed E-state index contributed by atoms with van der Waals surface area (Å²) in [5.41, 5.74) is 0.867. The Morgan fingerprint density at radius 1 is 1.32 bits per heavy atom. The molecule has 0 atom stereocenters. The Labute approximate surface area is 111 Å². The highest BCUT2D eigenvalue weighted by Crippen LogP contribution is 2.21. The number of ether oxygens (including phenoxy) is 2. The molecule has 0 fully saturated rings. The molecule has 102 valence electrons. The Morgan fingerprint density at radius 3 is 3.00 bits per heavy atom. The second kappa shape index (κ2) is 6.86. The molecular formula is C13H17N3O3. The van der Waals surface area contributed by atoms with Crippen LogP contribution in [0.15, 0.2) is 28.8 Å². The minimum Gasteiger partial charge on any atom is -0.497 e. The van der Waals surface area contributed by atoms with Gasteiger partial charge in [0, 0.05) is 19.2 Å². The van der Waals surface area contributed by atoms with Crippen LogP contribution in [0.4, 0.5) is 0 Å². The van der Waals surface area contributed by atoms with Gasteiger partial charge in [0.2, 0.25) is 11.7 Å². The maximum atomic E-state index is 5.17. The lowest BCUT2D eigenvalue weighted by Gasteiger charge is -2.00. The third kappa shape index (κ3) is 3.77. The van der Waals surface area contributed by atoms with Gasteiger partial charge >= 0.3 is 0 Å². The number of hydrogen-bond acceptors (Lipinski definition) is 6. The van der Waals surface area contributed by atoms with Gasteiger partial charge in [0.15, 0.2) is 0 Å². The number of methoxy groups -OCH3 is 2. The van der Waals surface area contributed by atoms with Gasteiger partial charge in [-0.25, -0.2) is 0 Å². The standard InChI is InChI=1S/C13H17N3O3/c1-17-7-6-14-9-12-15-13(16-19-12)10-4-3-5-11(8-10)18-2/h3-5,8,14H,6-7,9H2,1-2H3. The number of benzene rings is 1. The van der Waals surface area contributed by atoms with Crippen LogP contribution < -0.4 is 10.1 Å². The molecule has 0 saturated carbocycles. The molecule has 2 rings (SSSR count). The summed E-state index contributed by atoms with van der Waals surface area (Å²) in [6.07, 6.45) is 0. The van der Waals surface area contributed by atoms with E-state index < -0.39 is 0 Å². The Bertz CT molecular complexity index is 513. The lowest BCUT2D eigenvalue weighted by atomic mass is 10.2. The summed E-state index contributed by atoms with van der Waals surface area (Å²) < 4.78 is 15.3. The highest BCUT2D eigenvalue weighted by atomic mass is 16.5. The first-order valence-electron chi connectivity index (χ1n) is 6.00. The molecule has 0 amide bonds. The van der Waals surface area contributed by atoms with Crippen LogP contribution in [0, 0.1) is 0 Å². The predicted octanol–water partition coefficient (Wildman–Crippen LogP) is 1.48. The average molecular weight is 263 g/mol. The molecule has 1 aromatic carbocycles. The molecule has 0 bridgehead atoms. The van der Waals surface area contributed by atoms with Crippen molar-refractivity contribution < 1.29 is 14.0 Å². The van der Waals surface area contributed by atoms with E-state index in [0.717, 1.165) is 17.9 Å². The van der Waals surface area contributed by atoms with E-state index in [0.29, 0.717) is 24.9 Å². The average Bonchev–Trinajstić information content (AvgIpc) is 2.92. The van der Waals surface area contributed by atoms with Crippen molar-refractivity contribution in [2.24, 2.45) is 0 Å². The second-order valence-electron chi connectivity index (χ2n) is 3.91.